The van der Waals surface area contributed by atoms with Gasteiger partial charge in [-0.15, -0.1) is 5.10 Å². The first-order chi connectivity index (χ1) is 7.99. The lowest BCUT2D eigenvalue weighted by Gasteiger charge is -2.06. The summed E-state index contributed by atoms with van der Waals surface area (Å²) in [5.74, 6) is -0.557. The highest BCUT2D eigenvalue weighted by atomic mass is 16.1. The third kappa shape index (κ3) is 2.04. The molecule has 0 spiro atoms. The second-order valence-corrected chi connectivity index (χ2v) is 4.15. The van der Waals surface area contributed by atoms with Gasteiger partial charge in [-0.05, 0) is 44.0 Å². The predicted octanol–water partition coefficient (Wildman–Crippen LogP) is 1.29. The first kappa shape index (κ1) is 11.3. The van der Waals surface area contributed by atoms with Crippen LogP contribution in [0, 0.1) is 20.8 Å². The van der Waals surface area contributed by atoms with Gasteiger partial charge in [0.25, 0.3) is 5.91 Å². The van der Waals surface area contributed by atoms with E-state index in [1.807, 2.05) is 26.0 Å². The van der Waals surface area contributed by atoms with Crippen molar-refractivity contribution in [3.05, 3.63) is 40.7 Å². The zero-order chi connectivity index (χ0) is 12.6. The Kier molecular flexibility index (Phi) is 2.67. The second-order valence-electron chi connectivity index (χ2n) is 4.15. The predicted molar refractivity (Wildman–Crippen MR) is 64.1 cm³/mol. The molecule has 0 radical (unpaired) electrons. The van der Waals surface area contributed by atoms with Crippen molar-refractivity contribution < 1.29 is 4.79 Å². The molecule has 0 saturated carbocycles. The largest absolute Gasteiger partial charge is 0.364 e. The maximum atomic E-state index is 11.1. The monoisotopic (exact) mass is 230 g/mol. The summed E-state index contributed by atoms with van der Waals surface area (Å²) in [5.41, 5.74) is 9.24. The number of hydrogen-bond acceptors (Lipinski definition) is 3. The van der Waals surface area contributed by atoms with Gasteiger partial charge in [-0.25, -0.2) is 4.68 Å². The summed E-state index contributed by atoms with van der Waals surface area (Å²) in [5, 5.41) is 7.74. The van der Waals surface area contributed by atoms with Crippen LogP contribution in [0.2, 0.25) is 0 Å². The summed E-state index contributed by atoms with van der Waals surface area (Å²) in [6.45, 7) is 5.80. The Morgan fingerprint density at radius 1 is 1.18 bits per heavy atom. The third-order valence-corrected chi connectivity index (χ3v) is 2.58. The van der Waals surface area contributed by atoms with Crippen LogP contribution < -0.4 is 5.73 Å². The molecule has 0 fully saturated rings. The number of hydrogen-bond donors (Lipinski definition) is 1. The number of primary amides is 1. The van der Waals surface area contributed by atoms with Crippen molar-refractivity contribution in [2.24, 2.45) is 5.73 Å². The molecule has 1 amide bonds. The molecule has 2 aromatic rings. The van der Waals surface area contributed by atoms with Crippen molar-refractivity contribution in [1.29, 1.82) is 0 Å². The van der Waals surface area contributed by atoms with E-state index in [0.717, 1.165) is 16.8 Å². The van der Waals surface area contributed by atoms with Crippen molar-refractivity contribution in [3.63, 3.8) is 0 Å². The second kappa shape index (κ2) is 4.01. The smallest absolute Gasteiger partial charge is 0.271 e. The minimum Gasteiger partial charge on any atom is -0.364 e. The summed E-state index contributed by atoms with van der Waals surface area (Å²) >= 11 is 0. The SMILES string of the molecule is Cc1cc(C)cc(-n2nnc(C(N)=O)c2C)c1. The van der Waals surface area contributed by atoms with E-state index in [9.17, 15) is 4.79 Å². The van der Waals surface area contributed by atoms with Crippen molar-refractivity contribution in [1.82, 2.24) is 15.0 Å². The number of carbonyl (C=O) groups is 1. The standard InChI is InChI=1S/C12H14N4O/c1-7-4-8(2)6-10(5-7)16-9(3)11(12(13)17)14-15-16/h4-6H,1-3H3,(H2,13,17). The lowest BCUT2D eigenvalue weighted by Crippen LogP contribution is -2.13. The van der Waals surface area contributed by atoms with E-state index in [-0.39, 0.29) is 5.69 Å². The zero-order valence-electron chi connectivity index (χ0n) is 10.1. The molecule has 1 aromatic heterocycles. The summed E-state index contributed by atoms with van der Waals surface area (Å²) in [6.07, 6.45) is 0. The van der Waals surface area contributed by atoms with Crippen molar-refractivity contribution in [2.75, 3.05) is 0 Å². The molecule has 0 bridgehead atoms. The number of benzene rings is 1. The van der Waals surface area contributed by atoms with Gasteiger partial charge in [0, 0.05) is 0 Å². The molecule has 1 heterocycles. The van der Waals surface area contributed by atoms with Gasteiger partial charge in [-0.3, -0.25) is 4.79 Å². The van der Waals surface area contributed by atoms with Gasteiger partial charge >= 0.3 is 0 Å². The number of amides is 1. The van der Waals surface area contributed by atoms with Crippen LogP contribution in [-0.2, 0) is 0 Å². The van der Waals surface area contributed by atoms with Crippen LogP contribution in [0.5, 0.6) is 0 Å². The molecule has 88 valence electrons. The number of nitrogens with two attached hydrogens (primary N) is 1. The first-order valence-electron chi connectivity index (χ1n) is 5.30. The Morgan fingerprint density at radius 3 is 2.24 bits per heavy atom. The Labute approximate surface area is 99.2 Å². The fourth-order valence-electron chi connectivity index (χ4n) is 1.87. The first-order valence-corrected chi connectivity index (χ1v) is 5.30. The van der Waals surface area contributed by atoms with Crippen molar-refractivity contribution >= 4 is 5.91 Å². The highest BCUT2D eigenvalue weighted by Crippen LogP contribution is 2.15. The molecular formula is C12H14N4O. The zero-order valence-corrected chi connectivity index (χ0v) is 10.1. The molecule has 0 saturated heterocycles. The fraction of sp³-hybridized carbons (Fsp3) is 0.250. The van der Waals surface area contributed by atoms with Gasteiger partial charge in [0.1, 0.15) is 0 Å². The molecule has 2 N–H and O–H groups in total. The maximum Gasteiger partial charge on any atom is 0.271 e. The Hall–Kier alpha value is -2.17. The molecule has 0 aliphatic carbocycles. The highest BCUT2D eigenvalue weighted by Gasteiger charge is 2.14. The van der Waals surface area contributed by atoms with E-state index < -0.39 is 5.91 Å². The average molecular weight is 230 g/mol. The number of aromatic nitrogens is 3. The molecule has 17 heavy (non-hydrogen) atoms. The molecule has 0 atom stereocenters. The summed E-state index contributed by atoms with van der Waals surface area (Å²) < 4.78 is 1.63. The van der Waals surface area contributed by atoms with E-state index >= 15 is 0 Å². The average Bonchev–Trinajstić information content (AvgIpc) is 2.58. The van der Waals surface area contributed by atoms with Crippen LogP contribution in [0.1, 0.15) is 27.3 Å². The number of carbonyl (C=O) groups excluding carboxylic acids is 1. The normalized spacial score (nSPS) is 10.5. The van der Waals surface area contributed by atoms with Gasteiger partial charge in [0.15, 0.2) is 5.69 Å². The van der Waals surface area contributed by atoms with Gasteiger partial charge in [0.2, 0.25) is 0 Å². The van der Waals surface area contributed by atoms with E-state index in [1.54, 1.807) is 11.6 Å². The number of nitrogens with zero attached hydrogens (tertiary/aromatic N) is 3. The Balaban J connectivity index is 2.57. The van der Waals surface area contributed by atoms with Gasteiger partial charge in [0.05, 0.1) is 11.4 Å². The van der Waals surface area contributed by atoms with E-state index in [1.165, 1.54) is 0 Å². The van der Waals surface area contributed by atoms with Crippen LogP contribution in [-0.4, -0.2) is 20.9 Å². The maximum absolute atomic E-state index is 11.1. The van der Waals surface area contributed by atoms with Crippen LogP contribution >= 0.6 is 0 Å². The Morgan fingerprint density at radius 2 is 1.76 bits per heavy atom. The molecule has 5 nitrogen and oxygen atoms in total. The van der Waals surface area contributed by atoms with Crippen LogP contribution in [0.15, 0.2) is 18.2 Å². The third-order valence-electron chi connectivity index (χ3n) is 2.58. The van der Waals surface area contributed by atoms with Crippen LogP contribution in [0.25, 0.3) is 5.69 Å². The van der Waals surface area contributed by atoms with E-state index in [0.29, 0.717) is 5.69 Å². The van der Waals surface area contributed by atoms with Crippen LogP contribution in [0.3, 0.4) is 0 Å². The molecule has 0 aliphatic heterocycles. The minimum atomic E-state index is -0.557. The topological polar surface area (TPSA) is 73.8 Å². The van der Waals surface area contributed by atoms with E-state index in [2.05, 4.69) is 16.4 Å². The van der Waals surface area contributed by atoms with Crippen molar-refractivity contribution in [3.8, 4) is 5.69 Å². The molecule has 1 aromatic carbocycles. The fourth-order valence-corrected chi connectivity index (χ4v) is 1.87. The van der Waals surface area contributed by atoms with E-state index in [4.69, 9.17) is 5.73 Å². The highest BCUT2D eigenvalue weighted by molar-refractivity contribution is 5.91. The van der Waals surface area contributed by atoms with Crippen LogP contribution in [0.4, 0.5) is 0 Å². The number of aryl methyl sites for hydroxylation is 2. The summed E-state index contributed by atoms with van der Waals surface area (Å²) in [6, 6.07) is 6.05. The van der Waals surface area contributed by atoms with Gasteiger partial charge < -0.3 is 5.73 Å². The minimum absolute atomic E-state index is 0.212. The molecule has 2 rings (SSSR count). The van der Waals surface area contributed by atoms with Gasteiger partial charge in [-0.1, -0.05) is 11.3 Å². The Bertz CT molecular complexity index is 566. The molecule has 5 heteroatoms. The van der Waals surface area contributed by atoms with Crippen molar-refractivity contribution in [2.45, 2.75) is 20.8 Å². The van der Waals surface area contributed by atoms with Gasteiger partial charge in [-0.2, -0.15) is 0 Å². The summed E-state index contributed by atoms with van der Waals surface area (Å²) in [7, 11) is 0. The number of rotatable bonds is 2. The summed E-state index contributed by atoms with van der Waals surface area (Å²) in [4.78, 5) is 11.1. The molecular weight excluding hydrogens is 216 g/mol. The molecule has 0 unspecified atom stereocenters. The molecule has 0 aliphatic rings. The quantitative estimate of drug-likeness (QED) is 0.844. The lowest BCUT2D eigenvalue weighted by atomic mass is 10.1. The lowest BCUT2D eigenvalue weighted by molar-refractivity contribution is 0.0995.